The summed E-state index contributed by atoms with van der Waals surface area (Å²) in [6, 6.07) is 12.6. The quantitative estimate of drug-likeness (QED) is 0.717. The van der Waals surface area contributed by atoms with Crippen molar-refractivity contribution >= 4 is 33.4 Å². The number of aromatic nitrogens is 1. The van der Waals surface area contributed by atoms with Crippen molar-refractivity contribution in [2.75, 3.05) is 18.0 Å². The molecule has 3 nitrogen and oxygen atoms in total. The molecule has 1 aromatic heterocycles. The predicted octanol–water partition coefficient (Wildman–Crippen LogP) is 4.71. The van der Waals surface area contributed by atoms with Crippen LogP contribution >= 0.6 is 27.7 Å². The number of thioether (sulfide) groups is 1. The molecule has 4 heterocycles. The van der Waals surface area contributed by atoms with E-state index in [1.807, 2.05) is 18.2 Å². The van der Waals surface area contributed by atoms with Gasteiger partial charge in [0.25, 0.3) is 0 Å². The smallest absolute Gasteiger partial charge is 0.115 e. The van der Waals surface area contributed by atoms with Crippen molar-refractivity contribution in [1.82, 2.24) is 4.98 Å². The number of anilines is 1. The first-order chi connectivity index (χ1) is 11.3. The summed E-state index contributed by atoms with van der Waals surface area (Å²) in [7, 11) is 0. The second kappa shape index (κ2) is 6.18. The molecule has 1 saturated heterocycles. The minimum atomic E-state index is 0.575. The Morgan fingerprint density at radius 3 is 2.83 bits per heavy atom. The lowest BCUT2D eigenvalue weighted by Gasteiger charge is -2.41. The molecule has 3 aliphatic rings. The minimum Gasteiger partial charge on any atom is -0.370 e. The van der Waals surface area contributed by atoms with Gasteiger partial charge in [-0.2, -0.15) is 5.26 Å². The number of halogens is 1. The van der Waals surface area contributed by atoms with Gasteiger partial charge in [0, 0.05) is 29.2 Å². The Morgan fingerprint density at radius 2 is 2.09 bits per heavy atom. The molecule has 0 atom stereocenters. The van der Waals surface area contributed by atoms with Gasteiger partial charge in [0.15, 0.2) is 0 Å². The van der Waals surface area contributed by atoms with Crippen molar-refractivity contribution < 1.29 is 0 Å². The Bertz CT molecular complexity index is 791. The first-order valence-corrected chi connectivity index (χ1v) is 9.60. The van der Waals surface area contributed by atoms with E-state index in [4.69, 9.17) is 4.98 Å². The van der Waals surface area contributed by atoms with E-state index in [2.05, 4.69) is 39.0 Å². The van der Waals surface area contributed by atoms with Gasteiger partial charge in [0.1, 0.15) is 11.1 Å². The van der Waals surface area contributed by atoms with Crippen LogP contribution in [0.2, 0.25) is 0 Å². The van der Waals surface area contributed by atoms with Gasteiger partial charge in [-0.3, -0.25) is 0 Å². The average molecular weight is 386 g/mol. The highest BCUT2D eigenvalue weighted by atomic mass is 79.9. The van der Waals surface area contributed by atoms with Crippen LogP contribution in [0.25, 0.3) is 0 Å². The van der Waals surface area contributed by atoms with E-state index in [1.165, 1.54) is 29.8 Å². The summed E-state index contributed by atoms with van der Waals surface area (Å²) in [5, 5.41) is 10.4. The van der Waals surface area contributed by atoms with Crippen molar-refractivity contribution in [3.05, 3.63) is 51.6 Å². The van der Waals surface area contributed by atoms with E-state index in [1.54, 1.807) is 11.8 Å². The van der Waals surface area contributed by atoms with Crippen LogP contribution in [0.4, 0.5) is 5.69 Å². The van der Waals surface area contributed by atoms with Crippen molar-refractivity contribution in [3.8, 4) is 6.07 Å². The fourth-order valence-electron chi connectivity index (χ4n) is 3.40. The van der Waals surface area contributed by atoms with Gasteiger partial charge >= 0.3 is 0 Å². The molecule has 0 N–H and O–H groups in total. The maximum atomic E-state index is 9.51. The summed E-state index contributed by atoms with van der Waals surface area (Å²) in [6.07, 6.45) is 2.39. The molecule has 2 aromatic rings. The number of nitriles is 1. The van der Waals surface area contributed by atoms with Crippen LogP contribution in [0.3, 0.4) is 0 Å². The lowest BCUT2D eigenvalue weighted by Crippen LogP contribution is -2.39. The molecule has 0 spiro atoms. The van der Waals surface area contributed by atoms with Crippen LogP contribution in [0.5, 0.6) is 0 Å². The van der Waals surface area contributed by atoms with Crippen LogP contribution < -0.4 is 4.90 Å². The number of hydrogen-bond acceptors (Lipinski definition) is 4. The average Bonchev–Trinajstić information content (AvgIpc) is 2.61. The summed E-state index contributed by atoms with van der Waals surface area (Å²) < 4.78 is 1.11. The van der Waals surface area contributed by atoms with Crippen LogP contribution in [0.1, 0.15) is 35.6 Å². The second-order valence-corrected chi connectivity index (χ2v) is 7.82. The molecule has 116 valence electrons. The van der Waals surface area contributed by atoms with Gasteiger partial charge in [-0.05, 0) is 30.5 Å². The van der Waals surface area contributed by atoms with Crippen molar-refractivity contribution in [2.45, 2.75) is 29.5 Å². The Morgan fingerprint density at radius 1 is 1.30 bits per heavy atom. The zero-order valence-corrected chi connectivity index (χ0v) is 15.0. The molecule has 23 heavy (non-hydrogen) atoms. The summed E-state index contributed by atoms with van der Waals surface area (Å²) >= 11 is 5.24. The maximum Gasteiger partial charge on any atom is 0.115 e. The molecular weight excluding hydrogens is 370 g/mol. The van der Waals surface area contributed by atoms with E-state index >= 15 is 0 Å². The van der Waals surface area contributed by atoms with E-state index in [-0.39, 0.29) is 0 Å². The molecule has 0 aliphatic carbocycles. The molecule has 5 rings (SSSR count). The maximum absolute atomic E-state index is 9.51. The summed E-state index contributed by atoms with van der Waals surface area (Å²) in [5.74, 6) is 1.39. The van der Waals surface area contributed by atoms with Crippen molar-refractivity contribution in [3.63, 3.8) is 0 Å². The molecule has 0 amide bonds. The van der Waals surface area contributed by atoms with E-state index < -0.39 is 0 Å². The highest BCUT2D eigenvalue weighted by Gasteiger charge is 2.33. The minimum absolute atomic E-state index is 0.575. The van der Waals surface area contributed by atoms with Gasteiger partial charge in [-0.1, -0.05) is 34.1 Å². The Kier molecular flexibility index (Phi) is 4.04. The third kappa shape index (κ3) is 2.75. The van der Waals surface area contributed by atoms with Crippen LogP contribution in [-0.2, 0) is 5.75 Å². The van der Waals surface area contributed by atoms with Crippen LogP contribution in [0.15, 0.2) is 39.8 Å². The van der Waals surface area contributed by atoms with Gasteiger partial charge < -0.3 is 4.90 Å². The molecule has 1 fully saturated rings. The third-order valence-corrected chi connectivity index (χ3v) is 6.47. The topological polar surface area (TPSA) is 39.9 Å². The Labute approximate surface area is 148 Å². The van der Waals surface area contributed by atoms with E-state index in [9.17, 15) is 5.26 Å². The van der Waals surface area contributed by atoms with Crippen molar-refractivity contribution in [1.29, 1.82) is 5.26 Å². The van der Waals surface area contributed by atoms with Crippen LogP contribution in [-0.4, -0.2) is 18.1 Å². The number of pyridine rings is 1. The fraction of sp³-hybridized carbons (Fsp3) is 0.333. The van der Waals surface area contributed by atoms with E-state index in [0.29, 0.717) is 11.5 Å². The first kappa shape index (κ1) is 15.0. The molecule has 0 saturated carbocycles. The summed E-state index contributed by atoms with van der Waals surface area (Å²) in [6.45, 7) is 2.21. The van der Waals surface area contributed by atoms with Crippen LogP contribution in [0, 0.1) is 11.3 Å². The molecule has 0 radical (unpaired) electrons. The third-order valence-electron chi connectivity index (χ3n) is 4.66. The Hall–Kier alpha value is -1.51. The standard InChI is InChI=1S/C18H16BrN3S/c19-15-4-2-1-3-13(15)11-23-18-14(10-20)9-16-17(21-18)12-5-7-22(16)8-6-12/h1-4,9,12H,5-8,11H2. The number of benzene rings is 1. The first-order valence-electron chi connectivity index (χ1n) is 7.82. The molecule has 2 bridgehead atoms. The fourth-order valence-corrected chi connectivity index (χ4v) is 4.98. The lowest BCUT2D eigenvalue weighted by molar-refractivity contribution is 0.461. The number of piperidine rings is 1. The SMILES string of the molecule is N#Cc1cc2c(nc1SCc1ccccc1Br)C1CCN2CC1. The van der Waals surface area contributed by atoms with Crippen molar-refractivity contribution in [2.24, 2.45) is 0 Å². The predicted molar refractivity (Wildman–Crippen MR) is 96.8 cm³/mol. The lowest BCUT2D eigenvalue weighted by atomic mass is 9.86. The highest BCUT2D eigenvalue weighted by molar-refractivity contribution is 9.10. The molecule has 5 heteroatoms. The number of rotatable bonds is 3. The number of fused-ring (bicyclic) bond motifs is 2. The number of nitrogens with zero attached hydrogens (tertiary/aromatic N) is 3. The molecule has 1 aromatic carbocycles. The summed E-state index contributed by atoms with van der Waals surface area (Å²) in [4.78, 5) is 7.28. The number of hydrogen-bond donors (Lipinski definition) is 0. The molecule has 3 aliphatic heterocycles. The van der Waals surface area contributed by atoms with Gasteiger partial charge in [-0.25, -0.2) is 4.98 Å². The largest absolute Gasteiger partial charge is 0.370 e. The second-order valence-electron chi connectivity index (χ2n) is 6.00. The monoisotopic (exact) mass is 385 g/mol. The normalized spacial score (nSPS) is 16.3. The zero-order valence-electron chi connectivity index (χ0n) is 12.6. The zero-order chi connectivity index (χ0) is 15.8. The van der Waals surface area contributed by atoms with E-state index in [0.717, 1.165) is 28.3 Å². The van der Waals surface area contributed by atoms with Gasteiger partial charge in [-0.15, -0.1) is 11.8 Å². The molecular formula is C18H16BrN3S. The summed E-state index contributed by atoms with van der Waals surface area (Å²) in [5.41, 5.74) is 4.32. The molecule has 0 unspecified atom stereocenters. The van der Waals surface area contributed by atoms with Gasteiger partial charge in [0.05, 0.1) is 16.9 Å². The van der Waals surface area contributed by atoms with Gasteiger partial charge in [0.2, 0.25) is 0 Å². The Balaban J connectivity index is 1.65. The highest BCUT2D eigenvalue weighted by Crippen LogP contribution is 2.43.